The Morgan fingerprint density at radius 1 is 1.00 bits per heavy atom. The van der Waals surface area contributed by atoms with E-state index in [0.29, 0.717) is 0 Å². The summed E-state index contributed by atoms with van der Waals surface area (Å²) in [6.45, 7) is 4.09. The quantitative estimate of drug-likeness (QED) is 0.803. The number of anilines is 1. The number of ether oxygens (including phenoxy) is 1. The molecule has 2 aromatic carbocycles. The van der Waals surface area contributed by atoms with Gasteiger partial charge in [-0.3, -0.25) is 0 Å². The molecule has 0 aliphatic carbocycles. The van der Waals surface area contributed by atoms with Crippen LogP contribution in [0.15, 0.2) is 48.5 Å². The molecule has 4 rings (SSSR count). The molecule has 1 fully saturated rings. The molecular formula is C17H17N3OS. The monoisotopic (exact) mass is 311 g/mol. The number of hydrogen-bond donors (Lipinski definition) is 1. The van der Waals surface area contributed by atoms with E-state index in [2.05, 4.69) is 16.3 Å². The highest BCUT2D eigenvalue weighted by molar-refractivity contribution is 7.22. The standard InChI is InChI=1S/C17H17N3OS/c1-2-4-13(5-3-1)21-14-6-7-15-16(12-14)22-17(19-15)20-10-8-18-9-11-20/h1-7,12,18H,8-11H2. The maximum absolute atomic E-state index is 5.90. The van der Waals surface area contributed by atoms with Crippen LogP contribution < -0.4 is 15.0 Å². The van der Waals surface area contributed by atoms with Crippen molar-refractivity contribution in [2.75, 3.05) is 31.1 Å². The van der Waals surface area contributed by atoms with Crippen molar-refractivity contribution in [3.8, 4) is 11.5 Å². The number of aromatic nitrogens is 1. The number of piperazine rings is 1. The average molecular weight is 311 g/mol. The number of thiazole rings is 1. The minimum atomic E-state index is 0.855. The third-order valence-corrected chi connectivity index (χ3v) is 4.79. The zero-order chi connectivity index (χ0) is 14.8. The van der Waals surface area contributed by atoms with Gasteiger partial charge in [-0.25, -0.2) is 4.98 Å². The van der Waals surface area contributed by atoms with Crippen molar-refractivity contribution in [1.29, 1.82) is 0 Å². The van der Waals surface area contributed by atoms with Crippen LogP contribution in [-0.4, -0.2) is 31.2 Å². The topological polar surface area (TPSA) is 37.4 Å². The molecule has 0 bridgehead atoms. The second-order valence-corrected chi connectivity index (χ2v) is 6.29. The molecule has 112 valence electrons. The minimum Gasteiger partial charge on any atom is -0.457 e. The molecule has 1 aliphatic rings. The molecule has 0 unspecified atom stereocenters. The fraction of sp³-hybridized carbons (Fsp3) is 0.235. The van der Waals surface area contributed by atoms with Crippen LogP contribution in [0.5, 0.6) is 11.5 Å². The average Bonchev–Trinajstić information content (AvgIpc) is 3.00. The van der Waals surface area contributed by atoms with Crippen LogP contribution in [0.1, 0.15) is 0 Å². The van der Waals surface area contributed by atoms with Gasteiger partial charge in [-0.05, 0) is 24.3 Å². The number of nitrogens with zero attached hydrogens (tertiary/aromatic N) is 2. The van der Waals surface area contributed by atoms with Crippen molar-refractivity contribution < 1.29 is 4.74 Å². The molecule has 0 spiro atoms. The van der Waals surface area contributed by atoms with Gasteiger partial charge in [0.15, 0.2) is 5.13 Å². The number of nitrogens with one attached hydrogen (secondary N) is 1. The van der Waals surface area contributed by atoms with Crippen LogP contribution in [0, 0.1) is 0 Å². The van der Waals surface area contributed by atoms with Gasteiger partial charge in [0.05, 0.1) is 10.2 Å². The maximum atomic E-state index is 5.90. The summed E-state index contributed by atoms with van der Waals surface area (Å²) in [4.78, 5) is 7.09. The summed E-state index contributed by atoms with van der Waals surface area (Å²) in [7, 11) is 0. The normalized spacial score (nSPS) is 15.2. The molecule has 1 saturated heterocycles. The van der Waals surface area contributed by atoms with Crippen LogP contribution in [0.3, 0.4) is 0 Å². The predicted molar refractivity (Wildman–Crippen MR) is 91.2 cm³/mol. The van der Waals surface area contributed by atoms with Crippen molar-refractivity contribution in [3.63, 3.8) is 0 Å². The van der Waals surface area contributed by atoms with E-state index < -0.39 is 0 Å². The van der Waals surface area contributed by atoms with E-state index in [4.69, 9.17) is 9.72 Å². The van der Waals surface area contributed by atoms with E-state index in [9.17, 15) is 0 Å². The van der Waals surface area contributed by atoms with Gasteiger partial charge in [0, 0.05) is 32.2 Å². The molecule has 5 heteroatoms. The molecule has 3 aromatic rings. The summed E-state index contributed by atoms with van der Waals surface area (Å²) in [6.07, 6.45) is 0. The Bertz CT molecular complexity index is 766. The van der Waals surface area contributed by atoms with Crippen molar-refractivity contribution in [2.24, 2.45) is 0 Å². The first-order valence-electron chi connectivity index (χ1n) is 7.48. The lowest BCUT2D eigenvalue weighted by Gasteiger charge is -2.26. The molecule has 2 heterocycles. The van der Waals surface area contributed by atoms with Gasteiger partial charge in [0.2, 0.25) is 0 Å². The Kier molecular flexibility index (Phi) is 3.66. The van der Waals surface area contributed by atoms with Gasteiger partial charge < -0.3 is 15.0 Å². The molecule has 0 radical (unpaired) electrons. The Hall–Kier alpha value is -2.11. The van der Waals surface area contributed by atoms with E-state index in [1.54, 1.807) is 11.3 Å². The first-order chi connectivity index (χ1) is 10.9. The molecular weight excluding hydrogens is 294 g/mol. The largest absolute Gasteiger partial charge is 0.457 e. The van der Waals surface area contributed by atoms with E-state index in [1.807, 2.05) is 42.5 Å². The molecule has 0 atom stereocenters. The predicted octanol–water partition coefficient (Wildman–Crippen LogP) is 3.50. The van der Waals surface area contributed by atoms with Crippen molar-refractivity contribution in [1.82, 2.24) is 10.3 Å². The second kappa shape index (κ2) is 5.94. The van der Waals surface area contributed by atoms with Gasteiger partial charge in [-0.1, -0.05) is 29.5 Å². The van der Waals surface area contributed by atoms with Crippen LogP contribution in [0.25, 0.3) is 10.2 Å². The number of rotatable bonds is 3. The lowest BCUT2D eigenvalue weighted by atomic mass is 10.3. The fourth-order valence-electron chi connectivity index (χ4n) is 2.57. The molecule has 0 amide bonds. The first-order valence-corrected chi connectivity index (χ1v) is 8.29. The van der Waals surface area contributed by atoms with Crippen molar-refractivity contribution in [2.45, 2.75) is 0 Å². The van der Waals surface area contributed by atoms with Gasteiger partial charge in [0.1, 0.15) is 11.5 Å². The zero-order valence-electron chi connectivity index (χ0n) is 12.2. The third kappa shape index (κ3) is 2.77. The van der Waals surface area contributed by atoms with Gasteiger partial charge in [-0.15, -0.1) is 0 Å². The summed E-state index contributed by atoms with van der Waals surface area (Å²) < 4.78 is 7.06. The lowest BCUT2D eigenvalue weighted by Crippen LogP contribution is -2.43. The number of para-hydroxylation sites is 1. The highest BCUT2D eigenvalue weighted by Gasteiger charge is 2.15. The van der Waals surface area contributed by atoms with Crippen LogP contribution >= 0.6 is 11.3 Å². The highest BCUT2D eigenvalue weighted by atomic mass is 32.1. The molecule has 0 saturated carbocycles. The van der Waals surface area contributed by atoms with E-state index in [1.165, 1.54) is 4.70 Å². The Morgan fingerprint density at radius 2 is 1.82 bits per heavy atom. The molecule has 22 heavy (non-hydrogen) atoms. The molecule has 1 N–H and O–H groups in total. The maximum Gasteiger partial charge on any atom is 0.186 e. The smallest absolute Gasteiger partial charge is 0.186 e. The Labute approximate surface area is 133 Å². The Balaban J connectivity index is 1.60. The van der Waals surface area contributed by atoms with Crippen molar-refractivity contribution >= 4 is 26.7 Å². The molecule has 1 aromatic heterocycles. The van der Waals surface area contributed by atoms with E-state index in [0.717, 1.165) is 48.3 Å². The van der Waals surface area contributed by atoms with Crippen LogP contribution in [0.4, 0.5) is 5.13 Å². The van der Waals surface area contributed by atoms with E-state index >= 15 is 0 Å². The van der Waals surface area contributed by atoms with Gasteiger partial charge >= 0.3 is 0 Å². The summed E-state index contributed by atoms with van der Waals surface area (Å²) in [5.74, 6) is 1.71. The van der Waals surface area contributed by atoms with Crippen LogP contribution in [-0.2, 0) is 0 Å². The summed E-state index contributed by atoms with van der Waals surface area (Å²) in [5, 5.41) is 4.47. The second-order valence-electron chi connectivity index (χ2n) is 5.28. The first kappa shape index (κ1) is 13.5. The summed E-state index contributed by atoms with van der Waals surface area (Å²) in [6, 6.07) is 16.0. The number of hydrogen-bond acceptors (Lipinski definition) is 5. The zero-order valence-corrected chi connectivity index (χ0v) is 13.0. The van der Waals surface area contributed by atoms with Gasteiger partial charge in [-0.2, -0.15) is 0 Å². The van der Waals surface area contributed by atoms with Crippen molar-refractivity contribution in [3.05, 3.63) is 48.5 Å². The van der Waals surface area contributed by atoms with Gasteiger partial charge in [0.25, 0.3) is 0 Å². The highest BCUT2D eigenvalue weighted by Crippen LogP contribution is 2.32. The Morgan fingerprint density at radius 3 is 2.64 bits per heavy atom. The molecule has 1 aliphatic heterocycles. The minimum absolute atomic E-state index is 0.855. The number of fused-ring (bicyclic) bond motifs is 1. The summed E-state index contributed by atoms with van der Waals surface area (Å²) in [5.41, 5.74) is 1.04. The SMILES string of the molecule is c1ccc(Oc2ccc3nc(N4CCNCC4)sc3c2)cc1. The lowest BCUT2D eigenvalue weighted by molar-refractivity contribution is 0.483. The number of benzene rings is 2. The van der Waals surface area contributed by atoms with Crippen LogP contribution in [0.2, 0.25) is 0 Å². The summed E-state index contributed by atoms with van der Waals surface area (Å²) >= 11 is 1.74. The van der Waals surface area contributed by atoms with E-state index in [-0.39, 0.29) is 0 Å². The third-order valence-electron chi connectivity index (χ3n) is 3.72. The molecule has 4 nitrogen and oxygen atoms in total. The fourth-order valence-corrected chi connectivity index (χ4v) is 3.62.